The number of pyridine rings is 1. The van der Waals surface area contributed by atoms with Gasteiger partial charge in [0.25, 0.3) is 5.56 Å². The smallest absolute Gasteiger partial charge is 0.403 e. The molecule has 1 aliphatic rings. The molecule has 2 heterocycles. The van der Waals surface area contributed by atoms with Gasteiger partial charge in [0.2, 0.25) is 0 Å². The highest BCUT2D eigenvalue weighted by Crippen LogP contribution is 2.43. The Bertz CT molecular complexity index is 1900. The number of ether oxygens (including phenoxy) is 1. The molecule has 0 amide bonds. The number of benzene rings is 3. The van der Waals surface area contributed by atoms with E-state index in [4.69, 9.17) is 4.84 Å². The van der Waals surface area contributed by atoms with Gasteiger partial charge in [-0.2, -0.15) is 13.2 Å². The molecule has 15 heteroatoms. The Morgan fingerprint density at radius 3 is 2.26 bits per heavy atom. The van der Waals surface area contributed by atoms with Crippen molar-refractivity contribution in [1.29, 1.82) is 0 Å². The van der Waals surface area contributed by atoms with E-state index in [0.717, 1.165) is 53.8 Å². The largest absolute Gasteiger partial charge is 0.573 e. The minimum absolute atomic E-state index is 0.0369. The van der Waals surface area contributed by atoms with Crippen molar-refractivity contribution in [2.45, 2.75) is 37.0 Å². The lowest BCUT2D eigenvalue weighted by Crippen LogP contribution is -2.32. The number of thioether (sulfide) groups is 1. The number of fused-ring (bicyclic) bond motifs is 1. The summed E-state index contributed by atoms with van der Waals surface area (Å²) in [6.45, 7) is 1.27. The van der Waals surface area contributed by atoms with Gasteiger partial charge < -0.3 is 9.57 Å². The number of halogens is 9. The molecule has 0 saturated heterocycles. The van der Waals surface area contributed by atoms with E-state index in [1.165, 1.54) is 25.1 Å². The lowest BCUT2D eigenvalue weighted by molar-refractivity contribution is -0.275. The molecular weight excluding hydrogens is 651 g/mol. The van der Waals surface area contributed by atoms with Crippen molar-refractivity contribution in [2.75, 3.05) is 12.9 Å². The molecule has 4 aromatic rings. The van der Waals surface area contributed by atoms with Crippen molar-refractivity contribution >= 4 is 17.5 Å². The topological polar surface area (TPSA) is 52.8 Å². The average molecular weight is 673 g/mol. The summed E-state index contributed by atoms with van der Waals surface area (Å²) >= 11 is 0.976. The van der Waals surface area contributed by atoms with Crippen LogP contribution < -0.4 is 10.3 Å². The highest BCUT2D eigenvalue weighted by Gasteiger charge is 2.39. The molecule has 0 spiro atoms. The van der Waals surface area contributed by atoms with E-state index in [-0.39, 0.29) is 33.2 Å². The van der Waals surface area contributed by atoms with E-state index in [1.807, 2.05) is 0 Å². The number of nitrogens with zero attached hydrogens (tertiary/aromatic N) is 2. The Balaban J connectivity index is 1.83. The van der Waals surface area contributed by atoms with Crippen LogP contribution in [0.3, 0.4) is 0 Å². The van der Waals surface area contributed by atoms with E-state index >= 15 is 8.78 Å². The zero-order valence-corrected chi connectivity index (χ0v) is 24.5. The van der Waals surface area contributed by atoms with Crippen molar-refractivity contribution in [3.8, 4) is 16.9 Å². The third kappa shape index (κ3) is 6.19. The van der Waals surface area contributed by atoms with E-state index in [0.29, 0.717) is 12.1 Å². The summed E-state index contributed by atoms with van der Waals surface area (Å²) < 4.78 is 132. The van der Waals surface area contributed by atoms with Crippen molar-refractivity contribution in [2.24, 2.45) is 5.16 Å². The Hall–Kier alpha value is -4.40. The third-order valence-electron chi connectivity index (χ3n) is 7.32. The van der Waals surface area contributed by atoms with E-state index < -0.39 is 76.0 Å². The van der Waals surface area contributed by atoms with Crippen LogP contribution in [0.15, 0.2) is 75.6 Å². The SMILES string of the molecule is CON=C(c1ccccc1F)C1CSc2c(Cc3c(F)cccc3C(F)(F)F)c(C)c(-c3cccc(OC(F)(F)F)c3F)c(=O)n21. The molecule has 3 aromatic carbocycles. The maximum Gasteiger partial charge on any atom is 0.573 e. The van der Waals surface area contributed by atoms with Gasteiger partial charge in [0, 0.05) is 28.9 Å². The van der Waals surface area contributed by atoms with Crippen LogP contribution in [0.2, 0.25) is 0 Å². The second kappa shape index (κ2) is 12.4. The van der Waals surface area contributed by atoms with Crippen molar-refractivity contribution < 1.29 is 49.1 Å². The third-order valence-corrected chi connectivity index (χ3v) is 8.52. The molecule has 0 N–H and O–H groups in total. The van der Waals surface area contributed by atoms with Gasteiger partial charge in [-0.1, -0.05) is 35.5 Å². The predicted molar refractivity (Wildman–Crippen MR) is 151 cm³/mol. The summed E-state index contributed by atoms with van der Waals surface area (Å²) in [5.41, 5.74) is -4.56. The van der Waals surface area contributed by atoms with Crippen LogP contribution in [-0.2, 0) is 17.4 Å². The number of rotatable bonds is 7. The van der Waals surface area contributed by atoms with Gasteiger partial charge in [-0.25, -0.2) is 13.2 Å². The number of hydrogen-bond acceptors (Lipinski definition) is 5. The zero-order valence-electron chi connectivity index (χ0n) is 23.7. The maximum absolute atomic E-state index is 15.7. The van der Waals surface area contributed by atoms with Crippen molar-refractivity contribution in [1.82, 2.24) is 4.57 Å². The molecular formula is C31H21F9N2O3S. The molecule has 1 aromatic heterocycles. The van der Waals surface area contributed by atoms with Gasteiger partial charge in [-0.3, -0.25) is 9.36 Å². The lowest BCUT2D eigenvalue weighted by atomic mass is 9.92. The first-order valence-electron chi connectivity index (χ1n) is 13.3. The molecule has 1 aliphatic heterocycles. The zero-order chi connectivity index (χ0) is 33.6. The van der Waals surface area contributed by atoms with Crippen LogP contribution >= 0.6 is 11.8 Å². The fourth-order valence-corrected chi connectivity index (χ4v) is 6.74. The van der Waals surface area contributed by atoms with E-state index in [2.05, 4.69) is 9.89 Å². The van der Waals surface area contributed by atoms with Gasteiger partial charge in [0.05, 0.1) is 22.2 Å². The summed E-state index contributed by atoms with van der Waals surface area (Å²) in [6.07, 6.45) is -11.0. The quantitative estimate of drug-likeness (QED) is 0.112. The van der Waals surface area contributed by atoms with E-state index in [1.54, 1.807) is 0 Å². The van der Waals surface area contributed by atoms with Gasteiger partial charge in [-0.05, 0) is 48.4 Å². The normalized spacial score (nSPS) is 15.2. The number of hydrogen-bond donors (Lipinski definition) is 0. The second-order valence-corrected chi connectivity index (χ2v) is 11.0. The van der Waals surface area contributed by atoms with Crippen LogP contribution in [0.5, 0.6) is 5.75 Å². The van der Waals surface area contributed by atoms with Gasteiger partial charge in [-0.15, -0.1) is 24.9 Å². The van der Waals surface area contributed by atoms with Gasteiger partial charge in [0.1, 0.15) is 24.5 Å². The number of oxime groups is 1. The number of aromatic nitrogens is 1. The standard InChI is InChI=1S/C31H21F9N2O3S/c1-15-18(13-19-20(30(35,36)37)9-6-11-22(19)33)29-42(23(14-46-29)27(41-44-2)16-7-3-4-10-21(16)32)28(43)25(15)17-8-5-12-24(26(17)34)45-31(38,39)40/h3-12,23H,13-14H2,1-2H3. The van der Waals surface area contributed by atoms with Crippen molar-refractivity contribution in [3.63, 3.8) is 0 Å². The van der Waals surface area contributed by atoms with Gasteiger partial charge in [0.15, 0.2) is 11.6 Å². The van der Waals surface area contributed by atoms with Gasteiger partial charge >= 0.3 is 12.5 Å². The summed E-state index contributed by atoms with van der Waals surface area (Å²) in [7, 11) is 1.16. The first kappa shape index (κ1) is 33.0. The minimum atomic E-state index is -5.29. The Morgan fingerprint density at radius 2 is 1.61 bits per heavy atom. The fraction of sp³-hybridized carbons (Fsp3) is 0.226. The summed E-state index contributed by atoms with van der Waals surface area (Å²) in [5.74, 6) is -4.83. The monoisotopic (exact) mass is 672 g/mol. The highest BCUT2D eigenvalue weighted by atomic mass is 32.2. The van der Waals surface area contributed by atoms with Crippen molar-refractivity contribution in [3.05, 3.63) is 116 Å². The fourth-order valence-electron chi connectivity index (χ4n) is 5.37. The Morgan fingerprint density at radius 1 is 0.935 bits per heavy atom. The first-order valence-corrected chi connectivity index (χ1v) is 14.3. The van der Waals surface area contributed by atoms with Crippen LogP contribution in [0.4, 0.5) is 39.5 Å². The molecule has 46 heavy (non-hydrogen) atoms. The van der Waals surface area contributed by atoms with Crippen LogP contribution in [0, 0.1) is 24.4 Å². The van der Waals surface area contributed by atoms with Crippen LogP contribution in [-0.4, -0.2) is 29.5 Å². The summed E-state index contributed by atoms with van der Waals surface area (Å²) in [6, 6.07) is 9.28. The molecule has 0 radical (unpaired) electrons. The number of alkyl halides is 6. The molecule has 0 aliphatic carbocycles. The van der Waals surface area contributed by atoms with Crippen LogP contribution in [0.1, 0.15) is 33.9 Å². The summed E-state index contributed by atoms with van der Waals surface area (Å²) in [5, 5.41) is 3.98. The average Bonchev–Trinajstić information content (AvgIpc) is 3.41. The maximum atomic E-state index is 15.7. The second-order valence-electron chi connectivity index (χ2n) is 10.0. The molecule has 0 bridgehead atoms. The molecule has 5 rings (SSSR count). The minimum Gasteiger partial charge on any atom is -0.403 e. The highest BCUT2D eigenvalue weighted by molar-refractivity contribution is 7.99. The summed E-state index contributed by atoms with van der Waals surface area (Å²) in [4.78, 5) is 19.2. The van der Waals surface area contributed by atoms with Crippen LogP contribution in [0.25, 0.3) is 11.1 Å². The Kier molecular flexibility index (Phi) is 8.90. The molecule has 0 fully saturated rings. The molecule has 1 atom stereocenters. The molecule has 5 nitrogen and oxygen atoms in total. The van der Waals surface area contributed by atoms with E-state index in [9.17, 15) is 35.5 Å². The first-order chi connectivity index (χ1) is 21.6. The Labute approximate surface area is 259 Å². The molecule has 242 valence electrons. The predicted octanol–water partition coefficient (Wildman–Crippen LogP) is 8.45. The molecule has 0 saturated carbocycles. The molecule has 1 unspecified atom stereocenters. The lowest BCUT2D eigenvalue weighted by Gasteiger charge is -2.23.